The first-order valence-electron chi connectivity index (χ1n) is 35.8. The number of aliphatic hydroxyl groups is 2. The molecule has 8 atom stereocenters. The molecule has 0 aliphatic rings. The maximum absolute atomic E-state index is 14.0. The van der Waals surface area contributed by atoms with Crippen molar-refractivity contribution in [2.24, 2.45) is 77.3 Å². The first-order valence-corrected chi connectivity index (χ1v) is 35.8. The van der Waals surface area contributed by atoms with Crippen molar-refractivity contribution in [1.29, 1.82) is 0 Å². The summed E-state index contributed by atoms with van der Waals surface area (Å²) >= 11 is 0. The van der Waals surface area contributed by atoms with Gasteiger partial charge in [0.1, 0.15) is 48.3 Å². The van der Waals surface area contributed by atoms with Gasteiger partial charge < -0.3 is 131 Å². The van der Waals surface area contributed by atoms with Gasteiger partial charge in [0.25, 0.3) is 0 Å². The van der Waals surface area contributed by atoms with E-state index in [4.69, 9.17) is 57.3 Å². The van der Waals surface area contributed by atoms with Crippen LogP contribution in [0, 0.1) is 0 Å². The van der Waals surface area contributed by atoms with Gasteiger partial charge >= 0.3 is 11.9 Å². The highest BCUT2D eigenvalue weighted by Crippen LogP contribution is 2.23. The van der Waals surface area contributed by atoms with E-state index in [0.29, 0.717) is 48.1 Å². The van der Waals surface area contributed by atoms with Crippen LogP contribution in [-0.4, -0.2) is 266 Å². The van der Waals surface area contributed by atoms with Crippen molar-refractivity contribution < 1.29 is 82.9 Å². The van der Waals surface area contributed by atoms with Gasteiger partial charge in [-0.05, 0) is 147 Å². The minimum atomic E-state index is -1.65. The van der Waals surface area contributed by atoms with Crippen molar-refractivity contribution >= 4 is 128 Å². The quantitative estimate of drug-likeness (QED) is 0.0108. The molecule has 0 spiro atoms. The molecule has 10 amide bonds. The number of likely N-dealkylation sites (N-methyl/N-ethyl adjacent to an activating group) is 2. The van der Waals surface area contributed by atoms with Crippen molar-refractivity contribution in [3.05, 3.63) is 42.5 Å². The Morgan fingerprint density at radius 3 is 0.964 bits per heavy atom. The first kappa shape index (κ1) is 92.8. The maximum Gasteiger partial charge on any atom is 0.326 e. The molecule has 1 heterocycles. The summed E-state index contributed by atoms with van der Waals surface area (Å²) in [7, 11) is 3.19. The number of unbranched alkanes of at least 4 members (excludes halogenated alkanes) is 2. The molecule has 43 heteroatoms. The second-order valence-corrected chi connectivity index (χ2v) is 26.0. The third-order valence-electron chi connectivity index (χ3n) is 16.6. The molecule has 0 fully saturated rings. The van der Waals surface area contributed by atoms with E-state index in [1.54, 1.807) is 60.3 Å². The zero-order chi connectivity index (χ0) is 81.8. The van der Waals surface area contributed by atoms with Crippen LogP contribution in [0.1, 0.15) is 103 Å². The number of nitrogens with one attached hydrogen (secondary N) is 11. The first-order chi connectivity index (χ1) is 52.2. The Kier molecular flexibility index (Phi) is 42.4. The van der Waals surface area contributed by atoms with Crippen LogP contribution in [-0.2, 0) is 57.5 Å². The van der Waals surface area contributed by atoms with Crippen LogP contribution in [0.4, 0.5) is 11.4 Å². The molecule has 610 valence electrons. The molecule has 0 radical (unpaired) electrons. The number of aromatic amines is 1. The molecule has 0 bridgehead atoms. The highest BCUT2D eigenvalue weighted by molar-refractivity contribution is 5.99. The number of carboxylic acid groups (broad SMARTS) is 2. The fourth-order valence-electron chi connectivity index (χ4n) is 10.8. The lowest BCUT2D eigenvalue weighted by Crippen LogP contribution is -2.58. The molecule has 3 aromatic rings. The smallest absolute Gasteiger partial charge is 0.326 e. The van der Waals surface area contributed by atoms with E-state index in [-0.39, 0.29) is 166 Å². The van der Waals surface area contributed by atoms with Crippen LogP contribution in [0.5, 0.6) is 0 Å². The normalized spacial score (nSPS) is 13.2. The van der Waals surface area contributed by atoms with Crippen molar-refractivity contribution in [2.45, 2.75) is 151 Å². The number of guanidine groups is 4. The summed E-state index contributed by atoms with van der Waals surface area (Å²) in [6.45, 7) is -1.47. The van der Waals surface area contributed by atoms with E-state index < -0.39 is 133 Å². The molecule has 2 aromatic carbocycles. The number of aliphatic hydroxyl groups excluding tert-OH is 2. The number of nitrogens with two attached hydrogens (primary N) is 10. The maximum atomic E-state index is 14.0. The number of carbonyl (C=O) groups excluding carboxylic acids is 10. The molecule has 0 saturated heterocycles. The van der Waals surface area contributed by atoms with Crippen molar-refractivity contribution in [1.82, 2.24) is 52.3 Å². The average Bonchev–Trinajstić information content (AvgIpc) is 0.791. The van der Waals surface area contributed by atoms with Crippen LogP contribution < -0.4 is 115 Å². The monoisotopic (exact) mass is 1550 g/mol. The van der Waals surface area contributed by atoms with Crippen molar-refractivity contribution in [3.8, 4) is 0 Å². The number of anilines is 2. The average molecular weight is 1550 g/mol. The number of pyridine rings is 1. The summed E-state index contributed by atoms with van der Waals surface area (Å²) in [5.74, 6) is -11.1. The number of aliphatic carboxylic acids is 2. The van der Waals surface area contributed by atoms with Crippen LogP contribution in [0.25, 0.3) is 21.8 Å². The molecular weight excluding hydrogens is 1440 g/mol. The summed E-state index contributed by atoms with van der Waals surface area (Å²) < 4.78 is 0. The van der Waals surface area contributed by atoms with Crippen LogP contribution in [0.2, 0.25) is 0 Å². The van der Waals surface area contributed by atoms with Gasteiger partial charge in [0, 0.05) is 86.4 Å². The number of hydrogen-bond acceptors (Lipinski definition) is 22. The number of H-pyrrole nitrogens is 1. The summed E-state index contributed by atoms with van der Waals surface area (Å²) in [5.41, 5.74) is 56.8. The Labute approximate surface area is 635 Å². The van der Waals surface area contributed by atoms with Gasteiger partial charge in [-0.15, -0.1) is 0 Å². The lowest BCUT2D eigenvalue weighted by Gasteiger charge is -2.26. The highest BCUT2D eigenvalue weighted by atomic mass is 16.4. The number of carboxylic acids is 2. The van der Waals surface area contributed by atoms with Gasteiger partial charge in [-0.25, -0.2) is 14.6 Å². The molecule has 0 aliphatic carbocycles. The molecule has 43 nitrogen and oxygen atoms in total. The van der Waals surface area contributed by atoms with Crippen molar-refractivity contribution in [2.75, 3.05) is 103 Å². The molecule has 1 aromatic heterocycles. The van der Waals surface area contributed by atoms with E-state index in [2.05, 4.69) is 78.1 Å². The number of fused-ring (bicyclic) bond motifs is 2. The lowest BCUT2D eigenvalue weighted by molar-refractivity contribution is -0.310. The van der Waals surface area contributed by atoms with E-state index in [1.807, 2.05) is 6.07 Å². The summed E-state index contributed by atoms with van der Waals surface area (Å²) in [5, 5.41) is 66.9. The van der Waals surface area contributed by atoms with Gasteiger partial charge in [0.15, 0.2) is 23.8 Å². The number of benzene rings is 2. The number of carbonyl (C=O) groups is 12. The fraction of sp³-hybridized carbons (Fsp3) is 0.567. The number of rotatable bonds is 54. The van der Waals surface area contributed by atoms with Crippen LogP contribution in [0.3, 0.4) is 0 Å². The summed E-state index contributed by atoms with van der Waals surface area (Å²) in [6, 6.07) is 1.09. The highest BCUT2D eigenvalue weighted by Gasteiger charge is 2.34. The number of nitrogens with zero attached hydrogens (tertiary/aromatic N) is 6. The molecular formula is C67H112N27O16+. The lowest BCUT2D eigenvalue weighted by atomic mass is 10.1. The summed E-state index contributed by atoms with van der Waals surface area (Å²) in [4.78, 5) is 181. The fourth-order valence-corrected chi connectivity index (χ4v) is 10.8. The Morgan fingerprint density at radius 1 is 0.382 bits per heavy atom. The van der Waals surface area contributed by atoms with Gasteiger partial charge in [0.2, 0.25) is 70.1 Å². The minimum Gasteiger partial charge on any atom is -0.480 e. The molecule has 3 rings (SSSR count). The largest absolute Gasteiger partial charge is 0.480 e. The van der Waals surface area contributed by atoms with Crippen molar-refractivity contribution in [3.63, 3.8) is 0 Å². The number of hydrogen-bond donors (Lipinski definition) is 24. The van der Waals surface area contributed by atoms with E-state index in [1.165, 1.54) is 0 Å². The van der Waals surface area contributed by atoms with E-state index in [0.717, 1.165) is 10.8 Å². The van der Waals surface area contributed by atoms with Crippen LogP contribution >= 0.6 is 0 Å². The summed E-state index contributed by atoms with van der Waals surface area (Å²) in [6.07, 6.45) is 2.05. The van der Waals surface area contributed by atoms with Gasteiger partial charge in [0.05, 0.1) is 26.3 Å². The minimum absolute atomic E-state index is 0.0363. The molecule has 0 unspecified atom stereocenters. The Bertz CT molecular complexity index is 3450. The molecule has 35 N–H and O–H groups in total. The standard InChI is InChI=1S/C67H111N27O16/c1-93(34-54(99)85-42(11-3-5-23-68)56(101)87-44(13-7-25-78-64(70)71)58(103)91-50(36-95)60(105)89-46(62(107)108)15-9-27-80-66(74)75)29-21-52(97)82-40-19-17-38-31-39-18-20-41(33-49(39)84-48(38)32-40)83-53(98)22-30-94(2)35-55(100)86-43(12-4-6-24-69)57(102)88-45(14-8-26-79-65(72)73)59(104)92-51(37-96)61(106)90-47(63(109)110)16-10-28-81-67(76)77/h17-20,31-33,42-47,50-51,95-96H,3-16,21-30,34-37,68-69H2,1-2H3,(H,82,97)(H,83,98)(H,85,99)(H,86,100)(H,87,101)(H,88,102)(H,89,105)(H,90,106)(H,91,103)(H,92,104)(H,107,108)(H,109,110)(H4,70,71,78)(H4,72,73,79)(H4,74,75,80)(H4,76,77,81)/p+1/t42-,43-,44-,45-,46-,47-,50-,51-/m0/s1. The Hall–Kier alpha value is -11.4. The topological polar surface area (TPSA) is 736 Å². The number of aliphatic imine (C=N–C) groups is 4. The van der Waals surface area contributed by atoms with E-state index in [9.17, 15) is 78.0 Å². The van der Waals surface area contributed by atoms with Gasteiger partial charge in [-0.2, -0.15) is 0 Å². The third kappa shape index (κ3) is 36.9. The predicted molar refractivity (Wildman–Crippen MR) is 410 cm³/mol. The Morgan fingerprint density at radius 2 is 0.664 bits per heavy atom. The van der Waals surface area contributed by atoms with Crippen LogP contribution in [0.15, 0.2) is 62.4 Å². The zero-order valence-corrected chi connectivity index (χ0v) is 62.1. The molecule has 0 aliphatic heterocycles. The Balaban J connectivity index is 1.64. The third-order valence-corrected chi connectivity index (χ3v) is 16.6. The number of aromatic nitrogens is 1. The zero-order valence-electron chi connectivity index (χ0n) is 62.1. The second kappa shape index (κ2) is 50.3. The second-order valence-electron chi connectivity index (χ2n) is 26.0. The SMILES string of the molecule is CN(CCC(=O)Nc1ccc2cc3ccc(NC(=O)CCN(C)CC(=O)N[C@@H](CCCCN)C(=O)N[C@@H](CCCN=C(N)N)C(=O)N[C@@H](CO)C(=O)N[C@@H](CCCN=C(N)N)C(=O)O)cc3[nH+]c2c1)CC(=O)N[C@@H](CCCCN)C(=O)N[C@@H](CCCN=C(N)N)C(=O)N[C@@H](CO)C(=O)N[C@@H](CCCN=C(N)N)C(=O)O. The molecule has 110 heavy (non-hydrogen) atoms. The van der Waals surface area contributed by atoms with Gasteiger partial charge in [-0.1, -0.05) is 0 Å². The molecule has 0 saturated carbocycles. The predicted octanol–water partition coefficient (Wildman–Crippen LogP) is -8.17. The van der Waals surface area contributed by atoms with E-state index >= 15 is 0 Å². The number of amides is 10. The van der Waals surface area contributed by atoms with Gasteiger partial charge in [-0.3, -0.25) is 77.7 Å².